The summed E-state index contributed by atoms with van der Waals surface area (Å²) in [4.78, 5) is 14.3. The summed E-state index contributed by atoms with van der Waals surface area (Å²) in [6.45, 7) is 8.73. The maximum atomic E-state index is 12.3. The van der Waals surface area contributed by atoms with Crippen LogP contribution in [0.25, 0.3) is 0 Å². The Bertz CT molecular complexity index is 452. The van der Waals surface area contributed by atoms with E-state index in [2.05, 4.69) is 37.5 Å². The summed E-state index contributed by atoms with van der Waals surface area (Å²) in [5.41, 5.74) is 8.14. The predicted molar refractivity (Wildman–Crippen MR) is 76.7 cm³/mol. The summed E-state index contributed by atoms with van der Waals surface area (Å²) in [6, 6.07) is 4.46. The van der Waals surface area contributed by atoms with Crippen molar-refractivity contribution in [3.8, 4) is 0 Å². The molecule has 1 aromatic heterocycles. The van der Waals surface area contributed by atoms with Crippen molar-refractivity contribution < 1.29 is 4.79 Å². The van der Waals surface area contributed by atoms with Crippen molar-refractivity contribution in [1.29, 1.82) is 0 Å². The lowest BCUT2D eigenvalue weighted by Gasteiger charge is -2.35. The summed E-state index contributed by atoms with van der Waals surface area (Å²) in [7, 11) is 0. The van der Waals surface area contributed by atoms with Crippen molar-refractivity contribution >= 4 is 5.91 Å². The van der Waals surface area contributed by atoms with Crippen molar-refractivity contribution in [2.75, 3.05) is 13.1 Å². The molecule has 4 heteroatoms. The van der Waals surface area contributed by atoms with Crippen molar-refractivity contribution in [3.05, 3.63) is 23.5 Å². The highest BCUT2D eigenvalue weighted by atomic mass is 16.2. The van der Waals surface area contributed by atoms with Crippen LogP contribution in [0.5, 0.6) is 0 Å². The van der Waals surface area contributed by atoms with Gasteiger partial charge in [0.15, 0.2) is 0 Å². The van der Waals surface area contributed by atoms with Crippen LogP contribution in [0, 0.1) is 12.8 Å². The molecule has 2 rings (SSSR count). The molecule has 1 aromatic rings. The molecular weight excluding hydrogens is 238 g/mol. The second-order valence-electron chi connectivity index (χ2n) is 5.69. The van der Waals surface area contributed by atoms with Gasteiger partial charge in [-0.15, -0.1) is 0 Å². The first-order valence-corrected chi connectivity index (χ1v) is 7.20. The smallest absolute Gasteiger partial charge is 0.223 e. The third-order valence-electron chi connectivity index (χ3n) is 4.27. The summed E-state index contributed by atoms with van der Waals surface area (Å²) < 4.78 is 2.32. The van der Waals surface area contributed by atoms with Gasteiger partial charge in [-0.1, -0.05) is 6.92 Å². The van der Waals surface area contributed by atoms with Gasteiger partial charge in [0.2, 0.25) is 5.91 Å². The SMILES string of the molecule is Cc1ccc2n1CCN(C(=O)CCC(C)CN)C2C. The number of hydrogen-bond donors (Lipinski definition) is 1. The Morgan fingerprint density at radius 1 is 1.47 bits per heavy atom. The molecule has 4 nitrogen and oxygen atoms in total. The molecule has 0 radical (unpaired) electrons. The van der Waals surface area contributed by atoms with Gasteiger partial charge in [-0.25, -0.2) is 0 Å². The molecular formula is C15H25N3O. The highest BCUT2D eigenvalue weighted by Gasteiger charge is 2.27. The fraction of sp³-hybridized carbons (Fsp3) is 0.667. The van der Waals surface area contributed by atoms with E-state index < -0.39 is 0 Å². The molecule has 1 aliphatic rings. The first kappa shape index (κ1) is 14.1. The maximum Gasteiger partial charge on any atom is 0.223 e. The molecule has 2 unspecified atom stereocenters. The van der Waals surface area contributed by atoms with Crippen molar-refractivity contribution in [1.82, 2.24) is 9.47 Å². The summed E-state index contributed by atoms with van der Waals surface area (Å²) in [5.74, 6) is 0.688. The summed E-state index contributed by atoms with van der Waals surface area (Å²) >= 11 is 0. The third kappa shape index (κ3) is 2.84. The Balaban J connectivity index is 2.01. The molecule has 2 heterocycles. The van der Waals surface area contributed by atoms with E-state index in [1.54, 1.807) is 0 Å². The van der Waals surface area contributed by atoms with Crippen LogP contribution in [-0.4, -0.2) is 28.5 Å². The lowest BCUT2D eigenvalue weighted by molar-refractivity contribution is -0.134. The number of carbonyl (C=O) groups is 1. The molecule has 2 N–H and O–H groups in total. The minimum Gasteiger partial charge on any atom is -0.345 e. The average molecular weight is 263 g/mol. The van der Waals surface area contributed by atoms with Crippen LogP contribution in [0.3, 0.4) is 0 Å². The van der Waals surface area contributed by atoms with Crippen molar-refractivity contribution in [2.45, 2.75) is 46.2 Å². The van der Waals surface area contributed by atoms with Crippen LogP contribution >= 0.6 is 0 Å². The molecule has 0 aromatic carbocycles. The lowest BCUT2D eigenvalue weighted by Crippen LogP contribution is -2.41. The normalized spacial score (nSPS) is 20.2. The van der Waals surface area contributed by atoms with Crippen LogP contribution in [0.4, 0.5) is 0 Å². The third-order valence-corrected chi connectivity index (χ3v) is 4.27. The van der Waals surface area contributed by atoms with E-state index in [-0.39, 0.29) is 11.9 Å². The van der Waals surface area contributed by atoms with Gasteiger partial charge in [-0.3, -0.25) is 4.79 Å². The van der Waals surface area contributed by atoms with E-state index in [4.69, 9.17) is 5.73 Å². The van der Waals surface area contributed by atoms with Gasteiger partial charge in [0.05, 0.1) is 6.04 Å². The number of aryl methyl sites for hydroxylation is 1. The van der Waals surface area contributed by atoms with Gasteiger partial charge < -0.3 is 15.2 Å². The zero-order valence-electron chi connectivity index (χ0n) is 12.2. The van der Waals surface area contributed by atoms with E-state index in [1.165, 1.54) is 11.4 Å². The van der Waals surface area contributed by atoms with Crippen LogP contribution in [0.15, 0.2) is 12.1 Å². The molecule has 0 saturated heterocycles. The van der Waals surface area contributed by atoms with E-state index >= 15 is 0 Å². The molecule has 2 atom stereocenters. The largest absolute Gasteiger partial charge is 0.345 e. The van der Waals surface area contributed by atoms with Crippen LogP contribution in [0.1, 0.15) is 44.1 Å². The summed E-state index contributed by atoms with van der Waals surface area (Å²) in [6.07, 6.45) is 1.50. The number of rotatable bonds is 4. The fourth-order valence-electron chi connectivity index (χ4n) is 2.79. The second-order valence-corrected chi connectivity index (χ2v) is 5.69. The topological polar surface area (TPSA) is 51.3 Å². The van der Waals surface area contributed by atoms with Gasteiger partial charge in [-0.2, -0.15) is 0 Å². The molecule has 1 amide bonds. The number of aromatic nitrogens is 1. The van der Waals surface area contributed by atoms with Gasteiger partial charge in [0, 0.05) is 30.9 Å². The maximum absolute atomic E-state index is 12.3. The minimum absolute atomic E-state index is 0.183. The molecule has 19 heavy (non-hydrogen) atoms. The highest BCUT2D eigenvalue weighted by Crippen LogP contribution is 2.28. The van der Waals surface area contributed by atoms with E-state index in [9.17, 15) is 4.79 Å². The van der Waals surface area contributed by atoms with Crippen LogP contribution in [0.2, 0.25) is 0 Å². The minimum atomic E-state index is 0.183. The Hall–Kier alpha value is -1.29. The van der Waals surface area contributed by atoms with Gasteiger partial charge >= 0.3 is 0 Å². The molecule has 0 fully saturated rings. The van der Waals surface area contributed by atoms with E-state index in [1.807, 2.05) is 4.90 Å². The average Bonchev–Trinajstić information content (AvgIpc) is 2.78. The molecule has 1 aliphatic heterocycles. The van der Waals surface area contributed by atoms with Crippen LogP contribution in [-0.2, 0) is 11.3 Å². The molecule has 0 aliphatic carbocycles. The zero-order valence-corrected chi connectivity index (χ0v) is 12.2. The second kappa shape index (κ2) is 5.78. The first-order chi connectivity index (χ1) is 9.04. The zero-order chi connectivity index (χ0) is 14.0. The number of amides is 1. The van der Waals surface area contributed by atoms with Gasteiger partial charge in [0.25, 0.3) is 0 Å². The summed E-state index contributed by atoms with van der Waals surface area (Å²) in [5, 5.41) is 0. The number of carbonyl (C=O) groups excluding carboxylic acids is 1. The molecule has 0 saturated carbocycles. The highest BCUT2D eigenvalue weighted by molar-refractivity contribution is 5.76. The Morgan fingerprint density at radius 2 is 2.21 bits per heavy atom. The number of fused-ring (bicyclic) bond motifs is 1. The monoisotopic (exact) mass is 263 g/mol. The van der Waals surface area contributed by atoms with Crippen LogP contribution < -0.4 is 5.73 Å². The quantitative estimate of drug-likeness (QED) is 0.904. The Kier molecular flexibility index (Phi) is 4.30. The van der Waals surface area contributed by atoms with E-state index in [0.29, 0.717) is 18.9 Å². The van der Waals surface area contributed by atoms with E-state index in [0.717, 1.165) is 19.5 Å². The molecule has 106 valence electrons. The fourth-order valence-corrected chi connectivity index (χ4v) is 2.79. The molecule has 0 bridgehead atoms. The van der Waals surface area contributed by atoms with Gasteiger partial charge in [-0.05, 0) is 44.9 Å². The van der Waals surface area contributed by atoms with Crippen molar-refractivity contribution in [2.24, 2.45) is 11.7 Å². The number of nitrogens with two attached hydrogens (primary N) is 1. The molecule has 0 spiro atoms. The standard InChI is InChI=1S/C15H25N3O/c1-11(10-16)4-7-15(19)18-9-8-17-12(2)5-6-14(17)13(18)3/h5-6,11,13H,4,7-10,16H2,1-3H3. The van der Waals surface area contributed by atoms with Gasteiger partial charge in [0.1, 0.15) is 0 Å². The Labute approximate surface area is 115 Å². The van der Waals surface area contributed by atoms with Crippen molar-refractivity contribution in [3.63, 3.8) is 0 Å². The lowest BCUT2D eigenvalue weighted by atomic mass is 10.0. The number of nitrogens with zero attached hydrogens (tertiary/aromatic N) is 2. The first-order valence-electron chi connectivity index (χ1n) is 7.20. The number of hydrogen-bond acceptors (Lipinski definition) is 2. The Morgan fingerprint density at radius 3 is 2.89 bits per heavy atom. The predicted octanol–water partition coefficient (Wildman–Crippen LogP) is 2.07.